The average Bonchev–Trinajstić information content (AvgIpc) is 3.11. The Kier molecular flexibility index (Phi) is 3.12. The molecule has 8 heteroatoms. The van der Waals surface area contributed by atoms with Gasteiger partial charge in [-0.3, -0.25) is 0 Å². The minimum Gasteiger partial charge on any atom is -0.207 e. The van der Waals surface area contributed by atoms with Crippen LogP contribution in [0.4, 0.5) is 13.2 Å². The van der Waals surface area contributed by atoms with Crippen molar-refractivity contribution >= 4 is 16.3 Å². The Morgan fingerprint density at radius 1 is 0.870 bits per heavy atom. The van der Waals surface area contributed by atoms with Crippen molar-refractivity contribution in [3.05, 3.63) is 59.9 Å². The fourth-order valence-corrected chi connectivity index (χ4v) is 3.01. The smallest absolute Gasteiger partial charge is 0.207 e. The standard InChI is InChI=1S/C15H7F3N4S/c16-9-3-1-8(2-4-9)14-21-22-13(19-20-15(22)23-14)11-7-10(17)5-6-12(11)18/h1-7H. The van der Waals surface area contributed by atoms with Crippen molar-refractivity contribution in [1.82, 2.24) is 19.8 Å². The topological polar surface area (TPSA) is 43.1 Å². The molecule has 0 atom stereocenters. The van der Waals surface area contributed by atoms with E-state index in [0.29, 0.717) is 15.5 Å². The third-order valence-corrected chi connectivity index (χ3v) is 4.20. The van der Waals surface area contributed by atoms with Gasteiger partial charge >= 0.3 is 0 Å². The monoisotopic (exact) mass is 332 g/mol. The van der Waals surface area contributed by atoms with E-state index in [2.05, 4.69) is 15.3 Å². The summed E-state index contributed by atoms with van der Waals surface area (Å²) in [6, 6.07) is 8.92. The number of rotatable bonds is 2. The molecular weight excluding hydrogens is 325 g/mol. The van der Waals surface area contributed by atoms with Crippen LogP contribution in [-0.4, -0.2) is 19.8 Å². The van der Waals surface area contributed by atoms with Crippen LogP contribution in [0, 0.1) is 17.5 Å². The number of nitrogens with zero attached hydrogens (tertiary/aromatic N) is 4. The molecule has 0 fully saturated rings. The number of hydrogen-bond acceptors (Lipinski definition) is 4. The molecule has 0 aliphatic carbocycles. The van der Waals surface area contributed by atoms with E-state index >= 15 is 0 Å². The summed E-state index contributed by atoms with van der Waals surface area (Å²) < 4.78 is 41.6. The largest absolute Gasteiger partial charge is 0.235 e. The van der Waals surface area contributed by atoms with E-state index in [-0.39, 0.29) is 17.2 Å². The van der Waals surface area contributed by atoms with Gasteiger partial charge in [0.1, 0.15) is 22.5 Å². The van der Waals surface area contributed by atoms with Crippen LogP contribution < -0.4 is 0 Å². The summed E-state index contributed by atoms with van der Waals surface area (Å²) in [6.45, 7) is 0. The predicted molar refractivity (Wildman–Crippen MR) is 79.4 cm³/mol. The first kappa shape index (κ1) is 13.9. The lowest BCUT2D eigenvalue weighted by atomic mass is 10.2. The molecule has 2 aromatic heterocycles. The average molecular weight is 332 g/mol. The van der Waals surface area contributed by atoms with Gasteiger partial charge in [0.2, 0.25) is 4.96 Å². The molecule has 2 heterocycles. The van der Waals surface area contributed by atoms with E-state index in [0.717, 1.165) is 18.2 Å². The van der Waals surface area contributed by atoms with E-state index in [4.69, 9.17) is 0 Å². The molecule has 0 aliphatic rings. The normalized spacial score (nSPS) is 11.3. The van der Waals surface area contributed by atoms with Crippen molar-refractivity contribution in [2.75, 3.05) is 0 Å². The molecule has 0 aliphatic heterocycles. The number of hydrogen-bond donors (Lipinski definition) is 0. The Morgan fingerprint density at radius 2 is 1.61 bits per heavy atom. The molecule has 4 nitrogen and oxygen atoms in total. The number of fused-ring (bicyclic) bond motifs is 1. The summed E-state index contributed by atoms with van der Waals surface area (Å²) in [4.78, 5) is 0.433. The zero-order valence-electron chi connectivity index (χ0n) is 11.4. The molecule has 114 valence electrons. The van der Waals surface area contributed by atoms with Crippen molar-refractivity contribution in [2.45, 2.75) is 0 Å². The van der Waals surface area contributed by atoms with E-state index in [1.165, 1.54) is 28.0 Å². The zero-order chi connectivity index (χ0) is 16.0. The van der Waals surface area contributed by atoms with Crippen LogP contribution in [0.25, 0.3) is 26.9 Å². The maximum Gasteiger partial charge on any atom is 0.235 e. The molecule has 0 N–H and O–H groups in total. The lowest BCUT2D eigenvalue weighted by Gasteiger charge is -1.99. The van der Waals surface area contributed by atoms with E-state index in [1.807, 2.05) is 0 Å². The second-order valence-electron chi connectivity index (χ2n) is 4.76. The van der Waals surface area contributed by atoms with Crippen molar-refractivity contribution in [2.24, 2.45) is 0 Å². The Hall–Kier alpha value is -2.74. The third-order valence-electron chi connectivity index (χ3n) is 3.25. The maximum atomic E-state index is 13.9. The summed E-state index contributed by atoms with van der Waals surface area (Å²) in [5.74, 6) is -1.43. The highest BCUT2D eigenvalue weighted by Gasteiger charge is 2.17. The van der Waals surface area contributed by atoms with Gasteiger partial charge in [-0.1, -0.05) is 11.3 Å². The SMILES string of the molecule is Fc1ccc(-c2nn3c(-c4cc(F)ccc4F)nnc3s2)cc1. The first-order chi connectivity index (χ1) is 11.1. The minimum atomic E-state index is -0.614. The van der Waals surface area contributed by atoms with E-state index in [9.17, 15) is 13.2 Å². The molecule has 2 aromatic carbocycles. The Labute approximate surface area is 131 Å². The van der Waals surface area contributed by atoms with Gasteiger partial charge in [0.05, 0.1) is 5.56 Å². The molecule has 0 amide bonds. The molecule has 23 heavy (non-hydrogen) atoms. The van der Waals surface area contributed by atoms with Gasteiger partial charge in [-0.2, -0.15) is 9.61 Å². The van der Waals surface area contributed by atoms with Crippen LogP contribution in [-0.2, 0) is 0 Å². The van der Waals surface area contributed by atoms with Crippen LogP contribution in [0.1, 0.15) is 0 Å². The van der Waals surface area contributed by atoms with Crippen molar-refractivity contribution in [3.8, 4) is 22.0 Å². The van der Waals surface area contributed by atoms with Gasteiger partial charge in [0, 0.05) is 5.56 Å². The molecule has 0 bridgehead atoms. The highest BCUT2D eigenvalue weighted by atomic mass is 32.1. The first-order valence-electron chi connectivity index (χ1n) is 6.55. The van der Waals surface area contributed by atoms with Gasteiger partial charge in [0.25, 0.3) is 0 Å². The first-order valence-corrected chi connectivity index (χ1v) is 7.37. The van der Waals surface area contributed by atoms with E-state index < -0.39 is 11.6 Å². The van der Waals surface area contributed by atoms with Gasteiger partial charge in [-0.25, -0.2) is 13.2 Å². The Morgan fingerprint density at radius 3 is 2.39 bits per heavy atom. The van der Waals surface area contributed by atoms with Gasteiger partial charge in [-0.05, 0) is 42.5 Å². The van der Waals surface area contributed by atoms with Crippen LogP contribution in [0.5, 0.6) is 0 Å². The van der Waals surface area contributed by atoms with Crippen LogP contribution in [0.3, 0.4) is 0 Å². The summed E-state index contributed by atoms with van der Waals surface area (Å²) in [6.07, 6.45) is 0. The second kappa shape index (κ2) is 5.17. The quantitative estimate of drug-likeness (QED) is 0.558. The molecule has 0 saturated carbocycles. The van der Waals surface area contributed by atoms with Crippen molar-refractivity contribution in [1.29, 1.82) is 0 Å². The molecule has 4 aromatic rings. The van der Waals surface area contributed by atoms with Crippen LogP contribution in [0.2, 0.25) is 0 Å². The van der Waals surface area contributed by atoms with Gasteiger partial charge < -0.3 is 0 Å². The summed E-state index contributed by atoms with van der Waals surface area (Å²) in [5, 5.41) is 12.7. The van der Waals surface area contributed by atoms with Gasteiger partial charge in [-0.15, -0.1) is 10.2 Å². The lowest BCUT2D eigenvalue weighted by molar-refractivity contribution is 0.601. The fourth-order valence-electron chi connectivity index (χ4n) is 2.16. The zero-order valence-corrected chi connectivity index (χ0v) is 12.2. The summed E-state index contributed by atoms with van der Waals surface area (Å²) in [5.41, 5.74) is 0.682. The maximum absolute atomic E-state index is 13.9. The molecule has 0 saturated heterocycles. The Bertz CT molecular complexity index is 1010. The lowest BCUT2D eigenvalue weighted by Crippen LogP contribution is -1.94. The van der Waals surface area contributed by atoms with Crippen LogP contribution >= 0.6 is 11.3 Å². The third kappa shape index (κ3) is 2.36. The molecule has 0 spiro atoms. The summed E-state index contributed by atoms with van der Waals surface area (Å²) >= 11 is 1.22. The molecular formula is C15H7F3N4S. The number of halogens is 3. The minimum absolute atomic E-state index is 0.0199. The highest BCUT2D eigenvalue weighted by Crippen LogP contribution is 2.29. The van der Waals surface area contributed by atoms with Gasteiger partial charge in [0.15, 0.2) is 5.82 Å². The van der Waals surface area contributed by atoms with Crippen molar-refractivity contribution in [3.63, 3.8) is 0 Å². The van der Waals surface area contributed by atoms with Crippen LogP contribution in [0.15, 0.2) is 42.5 Å². The molecule has 4 rings (SSSR count). The predicted octanol–water partition coefficient (Wildman–Crippen LogP) is 3.94. The van der Waals surface area contributed by atoms with E-state index in [1.54, 1.807) is 12.1 Å². The molecule has 0 unspecified atom stereocenters. The van der Waals surface area contributed by atoms with Crippen molar-refractivity contribution < 1.29 is 13.2 Å². The number of benzene rings is 2. The second-order valence-corrected chi connectivity index (χ2v) is 5.71. The fraction of sp³-hybridized carbons (Fsp3) is 0. The summed E-state index contributed by atoms with van der Waals surface area (Å²) in [7, 11) is 0. The highest BCUT2D eigenvalue weighted by molar-refractivity contribution is 7.19. The molecule has 0 radical (unpaired) electrons. The Balaban J connectivity index is 1.87. The number of aromatic nitrogens is 4.